The minimum absolute atomic E-state index is 0.280. The van der Waals surface area contributed by atoms with Gasteiger partial charge in [-0.15, -0.1) is 21.8 Å². The molecule has 1 aliphatic carbocycles. The van der Waals surface area contributed by atoms with E-state index in [9.17, 15) is 5.11 Å². The van der Waals surface area contributed by atoms with E-state index < -0.39 is 0 Å². The lowest BCUT2D eigenvalue weighted by Crippen LogP contribution is -2.04. The molecule has 0 bridgehead atoms. The Balaban J connectivity index is 2.03. The second-order valence-corrected chi connectivity index (χ2v) is 5.63. The van der Waals surface area contributed by atoms with Crippen molar-refractivity contribution in [1.29, 1.82) is 0 Å². The van der Waals surface area contributed by atoms with Crippen molar-refractivity contribution in [2.45, 2.75) is 24.6 Å². The fourth-order valence-corrected chi connectivity index (χ4v) is 2.93. The summed E-state index contributed by atoms with van der Waals surface area (Å²) >= 11 is 6.03. The lowest BCUT2D eigenvalue weighted by Gasteiger charge is -2.12. The first-order valence-electron chi connectivity index (χ1n) is 7.01. The van der Waals surface area contributed by atoms with Gasteiger partial charge in [0.2, 0.25) is 0 Å². The van der Waals surface area contributed by atoms with Crippen LogP contribution in [0.25, 0.3) is 16.5 Å². The van der Waals surface area contributed by atoms with Crippen LogP contribution in [0.3, 0.4) is 0 Å². The van der Waals surface area contributed by atoms with E-state index >= 15 is 0 Å². The highest BCUT2D eigenvalue weighted by molar-refractivity contribution is 6.16. The monoisotopic (exact) mass is 299 g/mol. The van der Waals surface area contributed by atoms with E-state index in [1.165, 1.54) is 0 Å². The minimum Gasteiger partial charge on any atom is -0.507 e. The van der Waals surface area contributed by atoms with Crippen LogP contribution in [-0.4, -0.2) is 19.9 Å². The molecular formula is C16H14ClN3O. The van der Waals surface area contributed by atoms with Crippen LogP contribution in [-0.2, 0) is 5.88 Å². The summed E-state index contributed by atoms with van der Waals surface area (Å²) in [5.74, 6) is 2.79. The van der Waals surface area contributed by atoms with E-state index in [4.69, 9.17) is 11.6 Å². The highest BCUT2D eigenvalue weighted by Crippen LogP contribution is 2.41. The first-order chi connectivity index (χ1) is 10.3. The fourth-order valence-electron chi connectivity index (χ4n) is 2.76. The summed E-state index contributed by atoms with van der Waals surface area (Å²) < 4.78 is 2.05. The van der Waals surface area contributed by atoms with Gasteiger partial charge in [-0.2, -0.15) is 0 Å². The van der Waals surface area contributed by atoms with Crippen molar-refractivity contribution in [2.24, 2.45) is 0 Å². The number of phenols is 1. The number of phenolic OH excluding ortho intramolecular Hbond substituents is 1. The zero-order valence-electron chi connectivity index (χ0n) is 11.3. The van der Waals surface area contributed by atoms with Crippen LogP contribution < -0.4 is 0 Å². The molecule has 0 atom stereocenters. The summed E-state index contributed by atoms with van der Waals surface area (Å²) in [7, 11) is 0. The van der Waals surface area contributed by atoms with E-state index in [1.54, 1.807) is 6.07 Å². The molecule has 0 radical (unpaired) electrons. The van der Waals surface area contributed by atoms with Crippen LogP contribution in [0.2, 0.25) is 0 Å². The van der Waals surface area contributed by atoms with E-state index in [1.807, 2.05) is 34.9 Å². The predicted molar refractivity (Wildman–Crippen MR) is 82.1 cm³/mol. The van der Waals surface area contributed by atoms with Gasteiger partial charge in [-0.1, -0.05) is 24.3 Å². The van der Waals surface area contributed by atoms with Crippen molar-refractivity contribution in [3.63, 3.8) is 0 Å². The molecule has 1 N–H and O–H groups in total. The van der Waals surface area contributed by atoms with Gasteiger partial charge in [-0.25, -0.2) is 0 Å². The topological polar surface area (TPSA) is 50.9 Å². The average Bonchev–Trinajstić information content (AvgIpc) is 3.26. The molecule has 0 amide bonds. The number of aromatic nitrogens is 3. The molecule has 21 heavy (non-hydrogen) atoms. The number of hydrogen-bond donors (Lipinski definition) is 1. The van der Waals surface area contributed by atoms with Crippen molar-refractivity contribution in [3.05, 3.63) is 48.0 Å². The summed E-state index contributed by atoms with van der Waals surface area (Å²) in [5, 5.41) is 20.4. The molecule has 106 valence electrons. The maximum absolute atomic E-state index is 10.0. The number of benzene rings is 2. The zero-order chi connectivity index (χ0) is 14.4. The van der Waals surface area contributed by atoms with Gasteiger partial charge in [-0.3, -0.25) is 4.57 Å². The molecule has 0 spiro atoms. The van der Waals surface area contributed by atoms with E-state index in [-0.39, 0.29) is 5.75 Å². The van der Waals surface area contributed by atoms with Gasteiger partial charge < -0.3 is 5.11 Å². The standard InChI is InChI=1S/C16H14ClN3O/c17-9-15-18-19-16(10-7-8-10)20(15)13-5-1-4-12-11(13)3-2-6-14(12)21/h1-6,10,21H,7-9H2. The van der Waals surface area contributed by atoms with Gasteiger partial charge in [0.15, 0.2) is 5.82 Å². The molecule has 0 aliphatic heterocycles. The quantitative estimate of drug-likeness (QED) is 0.750. The number of nitrogens with zero attached hydrogens (tertiary/aromatic N) is 3. The number of alkyl halides is 1. The molecule has 1 fully saturated rings. The molecular weight excluding hydrogens is 286 g/mol. The molecule has 4 rings (SSSR count). The van der Waals surface area contributed by atoms with Crippen LogP contribution in [0.4, 0.5) is 0 Å². The first kappa shape index (κ1) is 12.7. The summed E-state index contributed by atoms with van der Waals surface area (Å²) in [5.41, 5.74) is 0.978. The molecule has 1 aromatic heterocycles. The van der Waals surface area contributed by atoms with Crippen molar-refractivity contribution < 1.29 is 5.11 Å². The summed E-state index contributed by atoms with van der Waals surface area (Å²) in [6.45, 7) is 0. The van der Waals surface area contributed by atoms with Crippen molar-refractivity contribution in [1.82, 2.24) is 14.8 Å². The van der Waals surface area contributed by atoms with Crippen LogP contribution in [0.5, 0.6) is 5.75 Å². The third-order valence-electron chi connectivity index (χ3n) is 3.93. The van der Waals surface area contributed by atoms with Gasteiger partial charge in [0.05, 0.1) is 11.6 Å². The Morgan fingerprint density at radius 2 is 1.86 bits per heavy atom. The highest BCUT2D eigenvalue weighted by atomic mass is 35.5. The van der Waals surface area contributed by atoms with Gasteiger partial charge in [-0.05, 0) is 25.0 Å². The predicted octanol–water partition coefficient (Wildman–Crippen LogP) is 3.74. The Hall–Kier alpha value is -2.07. The molecule has 1 aliphatic rings. The second-order valence-electron chi connectivity index (χ2n) is 5.37. The van der Waals surface area contributed by atoms with Gasteiger partial charge in [0.25, 0.3) is 0 Å². The molecule has 0 unspecified atom stereocenters. The number of halogens is 1. The molecule has 4 nitrogen and oxygen atoms in total. The maximum Gasteiger partial charge on any atom is 0.152 e. The van der Waals surface area contributed by atoms with Gasteiger partial charge >= 0.3 is 0 Å². The lowest BCUT2D eigenvalue weighted by atomic mass is 10.1. The Labute approximate surface area is 127 Å². The Kier molecular flexibility index (Phi) is 2.86. The molecule has 2 aromatic carbocycles. The van der Waals surface area contributed by atoms with Crippen LogP contribution in [0.15, 0.2) is 36.4 Å². The smallest absolute Gasteiger partial charge is 0.152 e. The normalized spacial score (nSPS) is 14.7. The molecule has 5 heteroatoms. The van der Waals surface area contributed by atoms with Crippen molar-refractivity contribution in [2.75, 3.05) is 0 Å². The van der Waals surface area contributed by atoms with Gasteiger partial charge in [0.1, 0.15) is 11.6 Å². The average molecular weight is 300 g/mol. The second kappa shape index (κ2) is 4.74. The Morgan fingerprint density at radius 1 is 1.10 bits per heavy atom. The third kappa shape index (κ3) is 1.98. The van der Waals surface area contributed by atoms with Crippen molar-refractivity contribution in [3.8, 4) is 11.4 Å². The van der Waals surface area contributed by atoms with Crippen LogP contribution >= 0.6 is 11.6 Å². The highest BCUT2D eigenvalue weighted by Gasteiger charge is 2.31. The Bertz CT molecular complexity index is 824. The third-order valence-corrected chi connectivity index (χ3v) is 4.17. The molecule has 1 saturated carbocycles. The number of hydrogen-bond acceptors (Lipinski definition) is 3. The summed E-state index contributed by atoms with van der Waals surface area (Å²) in [6.07, 6.45) is 2.30. The fraction of sp³-hybridized carbons (Fsp3) is 0.250. The number of rotatable bonds is 3. The molecule has 0 saturated heterocycles. The summed E-state index contributed by atoms with van der Waals surface area (Å²) in [6, 6.07) is 11.4. The van der Waals surface area contributed by atoms with Gasteiger partial charge in [0, 0.05) is 16.7 Å². The zero-order valence-corrected chi connectivity index (χ0v) is 12.1. The van der Waals surface area contributed by atoms with Crippen LogP contribution in [0.1, 0.15) is 30.4 Å². The van der Waals surface area contributed by atoms with E-state index in [2.05, 4.69) is 10.2 Å². The maximum atomic E-state index is 10.0. The van der Waals surface area contributed by atoms with E-state index in [0.717, 1.165) is 41.0 Å². The summed E-state index contributed by atoms with van der Waals surface area (Å²) in [4.78, 5) is 0. The first-order valence-corrected chi connectivity index (χ1v) is 7.54. The molecule has 3 aromatic rings. The lowest BCUT2D eigenvalue weighted by molar-refractivity contribution is 0.481. The molecule has 1 heterocycles. The van der Waals surface area contributed by atoms with E-state index in [0.29, 0.717) is 11.8 Å². The largest absolute Gasteiger partial charge is 0.507 e. The minimum atomic E-state index is 0.280. The van der Waals surface area contributed by atoms with Crippen molar-refractivity contribution >= 4 is 22.4 Å². The Morgan fingerprint density at radius 3 is 2.62 bits per heavy atom. The SMILES string of the molecule is Oc1cccc2c(-n3c(CCl)nnc3C3CC3)cccc12. The number of aromatic hydroxyl groups is 1. The van der Waals surface area contributed by atoms with Crippen LogP contribution in [0, 0.1) is 0 Å². The number of fused-ring (bicyclic) bond motifs is 1.